The highest BCUT2D eigenvalue weighted by Crippen LogP contribution is 2.37. The lowest BCUT2D eigenvalue weighted by Crippen LogP contribution is -2.30. The van der Waals surface area contributed by atoms with Crippen molar-refractivity contribution < 1.29 is 28.3 Å². The molecule has 1 atom stereocenters. The number of ether oxygens (including phenoxy) is 3. The summed E-state index contributed by atoms with van der Waals surface area (Å²) in [6, 6.07) is 21.3. The van der Waals surface area contributed by atoms with Crippen molar-refractivity contribution >= 4 is 11.9 Å². The Balaban J connectivity index is 1.39. The first-order valence-corrected chi connectivity index (χ1v) is 13.1. The van der Waals surface area contributed by atoms with Crippen LogP contribution in [-0.4, -0.2) is 47.1 Å². The molecule has 1 saturated heterocycles. The van der Waals surface area contributed by atoms with E-state index in [-0.39, 0.29) is 17.6 Å². The summed E-state index contributed by atoms with van der Waals surface area (Å²) in [6.07, 6.45) is 0.687. The van der Waals surface area contributed by atoms with Gasteiger partial charge in [0.2, 0.25) is 5.76 Å². The number of carbonyl (C=O) groups excluding carboxylic acids is 2. The lowest BCUT2D eigenvalue weighted by Gasteiger charge is -2.22. The number of pyridine rings is 1. The summed E-state index contributed by atoms with van der Waals surface area (Å²) in [6.45, 7) is 5.28. The van der Waals surface area contributed by atoms with Gasteiger partial charge >= 0.3 is 5.97 Å². The highest BCUT2D eigenvalue weighted by Gasteiger charge is 2.33. The molecule has 0 N–H and O–H groups in total. The van der Waals surface area contributed by atoms with Gasteiger partial charge in [0.15, 0.2) is 11.5 Å². The first kappa shape index (κ1) is 26.9. The molecule has 0 unspecified atom stereocenters. The topological polar surface area (TPSA) is 104 Å². The zero-order chi connectivity index (χ0) is 28.1. The molecule has 1 aliphatic heterocycles. The van der Waals surface area contributed by atoms with Gasteiger partial charge in [0.05, 0.1) is 18.5 Å². The fraction of sp³-hybridized carbons (Fsp3) is 0.290. The summed E-state index contributed by atoms with van der Waals surface area (Å²) < 4.78 is 22.3. The van der Waals surface area contributed by atoms with E-state index >= 15 is 0 Å². The number of esters is 1. The zero-order valence-electron chi connectivity index (χ0n) is 22.8. The van der Waals surface area contributed by atoms with E-state index < -0.39 is 5.97 Å². The summed E-state index contributed by atoms with van der Waals surface area (Å²) >= 11 is 0. The third kappa shape index (κ3) is 5.83. The lowest BCUT2D eigenvalue weighted by atomic mass is 10.1. The first-order valence-electron chi connectivity index (χ1n) is 13.1. The van der Waals surface area contributed by atoms with Crippen LogP contribution in [0.25, 0.3) is 0 Å². The molecule has 0 radical (unpaired) electrons. The van der Waals surface area contributed by atoms with Gasteiger partial charge in [-0.25, -0.2) is 9.78 Å². The van der Waals surface area contributed by atoms with Crippen LogP contribution < -0.4 is 9.47 Å². The second-order valence-electron chi connectivity index (χ2n) is 9.72. The average molecular weight is 542 g/mol. The molecule has 1 aliphatic rings. The van der Waals surface area contributed by atoms with Gasteiger partial charge in [-0.3, -0.25) is 4.79 Å². The second-order valence-corrected chi connectivity index (χ2v) is 9.72. The maximum absolute atomic E-state index is 13.7. The van der Waals surface area contributed by atoms with Gasteiger partial charge in [0.1, 0.15) is 18.9 Å². The Morgan fingerprint density at radius 1 is 0.950 bits per heavy atom. The number of aromatic nitrogens is 2. The molecule has 0 bridgehead atoms. The van der Waals surface area contributed by atoms with Crippen LogP contribution in [0.3, 0.4) is 0 Å². The van der Waals surface area contributed by atoms with Crippen LogP contribution in [0, 0.1) is 13.8 Å². The number of methoxy groups -OCH3 is 1. The van der Waals surface area contributed by atoms with Crippen LogP contribution >= 0.6 is 0 Å². The van der Waals surface area contributed by atoms with Gasteiger partial charge in [-0.1, -0.05) is 65.8 Å². The molecule has 40 heavy (non-hydrogen) atoms. The monoisotopic (exact) mass is 541 g/mol. The summed E-state index contributed by atoms with van der Waals surface area (Å²) in [7, 11) is 1.29. The van der Waals surface area contributed by atoms with Crippen LogP contribution in [0.2, 0.25) is 0 Å². The Morgan fingerprint density at radius 3 is 2.20 bits per heavy atom. The number of carbonyl (C=O) groups is 2. The van der Waals surface area contributed by atoms with Crippen molar-refractivity contribution in [2.75, 3.05) is 20.2 Å². The van der Waals surface area contributed by atoms with E-state index in [2.05, 4.69) is 10.1 Å². The van der Waals surface area contributed by atoms with Crippen molar-refractivity contribution in [2.45, 2.75) is 39.4 Å². The largest absolute Gasteiger partial charge is 0.485 e. The molecule has 9 nitrogen and oxygen atoms in total. The van der Waals surface area contributed by atoms with E-state index in [0.29, 0.717) is 66.9 Å². The van der Waals surface area contributed by atoms with Crippen LogP contribution in [0.15, 0.2) is 71.3 Å². The quantitative estimate of drug-likeness (QED) is 0.264. The summed E-state index contributed by atoms with van der Waals surface area (Å²) in [5, 5.41) is 4.02. The Hall–Kier alpha value is -4.66. The standard InChI is InChI=1S/C31H31N3O6/c1-20-27(30(35)34-15-14-24(17-34)25-16-26(40-33-25)31(36)37-3)32-21(2)29(39-19-23-12-8-5-9-13-23)28(20)38-18-22-10-6-4-7-11-22/h4-13,16,24H,14-15,17-19H2,1-3H3/t24-/m1/s1. The van der Waals surface area contributed by atoms with E-state index in [9.17, 15) is 9.59 Å². The normalized spacial score (nSPS) is 14.7. The number of amides is 1. The average Bonchev–Trinajstić information content (AvgIpc) is 3.68. The van der Waals surface area contributed by atoms with Crippen molar-refractivity contribution in [1.82, 2.24) is 15.0 Å². The van der Waals surface area contributed by atoms with Crippen LogP contribution in [0.5, 0.6) is 11.5 Å². The van der Waals surface area contributed by atoms with Gasteiger partial charge < -0.3 is 23.6 Å². The van der Waals surface area contributed by atoms with Crippen molar-refractivity contribution in [3.05, 3.63) is 106 Å². The van der Waals surface area contributed by atoms with Crippen molar-refractivity contribution in [3.8, 4) is 11.5 Å². The van der Waals surface area contributed by atoms with E-state index in [1.807, 2.05) is 74.5 Å². The van der Waals surface area contributed by atoms with Crippen molar-refractivity contribution in [3.63, 3.8) is 0 Å². The predicted molar refractivity (Wildman–Crippen MR) is 146 cm³/mol. The van der Waals surface area contributed by atoms with Crippen LogP contribution in [0.1, 0.15) is 61.5 Å². The van der Waals surface area contributed by atoms with Crippen molar-refractivity contribution in [1.29, 1.82) is 0 Å². The number of hydrogen-bond acceptors (Lipinski definition) is 8. The molecule has 0 saturated carbocycles. The van der Waals surface area contributed by atoms with Crippen LogP contribution in [0.4, 0.5) is 0 Å². The Bertz CT molecular complexity index is 1490. The Labute approximate surface area is 232 Å². The maximum Gasteiger partial charge on any atom is 0.376 e. The molecule has 2 aromatic carbocycles. The Morgan fingerprint density at radius 2 is 1.57 bits per heavy atom. The van der Waals surface area contributed by atoms with E-state index in [1.165, 1.54) is 7.11 Å². The fourth-order valence-electron chi connectivity index (χ4n) is 4.77. The SMILES string of the molecule is COC(=O)c1cc([C@@H]2CCN(C(=O)c3nc(C)c(OCc4ccccc4)c(OCc4ccccc4)c3C)C2)no1. The second kappa shape index (κ2) is 12.0. The minimum absolute atomic E-state index is 0.0433. The number of hydrogen-bond donors (Lipinski definition) is 0. The maximum atomic E-state index is 13.7. The van der Waals surface area contributed by atoms with Gasteiger partial charge in [-0.05, 0) is 31.4 Å². The van der Waals surface area contributed by atoms with E-state index in [4.69, 9.17) is 18.7 Å². The van der Waals surface area contributed by atoms with Gasteiger partial charge in [0.25, 0.3) is 5.91 Å². The number of likely N-dealkylation sites (tertiary alicyclic amines) is 1. The summed E-state index contributed by atoms with van der Waals surface area (Å²) in [4.78, 5) is 31.9. The van der Waals surface area contributed by atoms with E-state index in [0.717, 1.165) is 11.1 Å². The fourth-order valence-corrected chi connectivity index (χ4v) is 4.77. The summed E-state index contributed by atoms with van der Waals surface area (Å²) in [5.41, 5.74) is 4.15. The molecule has 1 amide bonds. The van der Waals surface area contributed by atoms with Gasteiger partial charge in [-0.15, -0.1) is 0 Å². The number of aryl methyl sites for hydroxylation is 1. The number of rotatable bonds is 9. The molecular weight excluding hydrogens is 510 g/mol. The van der Waals surface area contributed by atoms with Crippen LogP contribution in [-0.2, 0) is 18.0 Å². The molecule has 3 heterocycles. The molecule has 1 fully saturated rings. The molecular formula is C31H31N3O6. The third-order valence-corrected chi connectivity index (χ3v) is 6.97. The lowest BCUT2D eigenvalue weighted by molar-refractivity contribution is 0.0554. The minimum Gasteiger partial charge on any atom is -0.485 e. The number of nitrogens with zero attached hydrogens (tertiary/aromatic N) is 3. The number of benzene rings is 2. The molecule has 9 heteroatoms. The van der Waals surface area contributed by atoms with E-state index in [1.54, 1.807) is 11.0 Å². The van der Waals surface area contributed by atoms with Gasteiger partial charge in [-0.2, -0.15) is 0 Å². The molecule has 0 spiro atoms. The molecule has 2 aromatic heterocycles. The third-order valence-electron chi connectivity index (χ3n) is 6.97. The minimum atomic E-state index is -0.586. The smallest absolute Gasteiger partial charge is 0.376 e. The van der Waals surface area contributed by atoms with Crippen molar-refractivity contribution in [2.24, 2.45) is 0 Å². The Kier molecular flexibility index (Phi) is 8.10. The highest BCUT2D eigenvalue weighted by molar-refractivity contribution is 5.95. The molecule has 206 valence electrons. The molecule has 4 aromatic rings. The highest BCUT2D eigenvalue weighted by atomic mass is 16.5. The molecule has 5 rings (SSSR count). The first-order chi connectivity index (χ1) is 19.4. The summed E-state index contributed by atoms with van der Waals surface area (Å²) in [5.74, 6) is 0.227. The predicted octanol–water partition coefficient (Wildman–Crippen LogP) is 5.26. The molecule has 0 aliphatic carbocycles. The van der Waals surface area contributed by atoms with Gasteiger partial charge in [0, 0.05) is 30.6 Å². The zero-order valence-corrected chi connectivity index (χ0v) is 22.8.